The third-order valence-electron chi connectivity index (χ3n) is 4.67. The molecule has 2 fully saturated rings. The van der Waals surface area contributed by atoms with Crippen molar-refractivity contribution in [2.45, 2.75) is 51.0 Å². The maximum atomic E-state index is 12.5. The molecule has 2 aliphatic rings. The lowest BCUT2D eigenvalue weighted by Gasteiger charge is -2.29. The Labute approximate surface area is 117 Å². The fourth-order valence-electron chi connectivity index (χ4n) is 3.61. The van der Waals surface area contributed by atoms with Gasteiger partial charge in [-0.15, -0.1) is 0 Å². The first kappa shape index (κ1) is 14.8. The molecule has 0 aromatic rings. The molecular weight excluding hydrogens is 238 g/mol. The molecule has 1 atom stereocenters. The van der Waals surface area contributed by atoms with Crippen LogP contribution >= 0.6 is 0 Å². The van der Waals surface area contributed by atoms with Crippen LogP contribution in [0.4, 0.5) is 0 Å². The van der Waals surface area contributed by atoms with Crippen molar-refractivity contribution < 1.29 is 4.79 Å². The van der Waals surface area contributed by atoms with Crippen LogP contribution in [0.3, 0.4) is 0 Å². The van der Waals surface area contributed by atoms with E-state index in [1.54, 1.807) is 0 Å². The predicted molar refractivity (Wildman–Crippen MR) is 77.9 cm³/mol. The monoisotopic (exact) mass is 267 g/mol. The largest absolute Gasteiger partial charge is 0.341 e. The normalized spacial score (nSPS) is 26.3. The minimum atomic E-state index is -0.537. The van der Waals surface area contributed by atoms with Crippen molar-refractivity contribution in [2.75, 3.05) is 33.2 Å². The third kappa shape index (κ3) is 3.48. The highest BCUT2D eigenvalue weighted by Gasteiger charge is 2.41. The zero-order valence-electron chi connectivity index (χ0n) is 12.5. The molecule has 4 heteroatoms. The molecule has 1 amide bonds. The summed E-state index contributed by atoms with van der Waals surface area (Å²) in [5.74, 6) is 0.844. The fraction of sp³-hybridized carbons (Fsp3) is 0.933. The summed E-state index contributed by atoms with van der Waals surface area (Å²) in [6.45, 7) is 6.27. The van der Waals surface area contributed by atoms with Crippen molar-refractivity contribution >= 4 is 5.91 Å². The van der Waals surface area contributed by atoms with Crippen LogP contribution in [-0.4, -0.2) is 54.5 Å². The van der Waals surface area contributed by atoms with E-state index in [2.05, 4.69) is 18.9 Å². The summed E-state index contributed by atoms with van der Waals surface area (Å²) >= 11 is 0. The smallest absolute Gasteiger partial charge is 0.242 e. The van der Waals surface area contributed by atoms with Gasteiger partial charge < -0.3 is 15.5 Å². The van der Waals surface area contributed by atoms with Crippen molar-refractivity contribution in [2.24, 2.45) is 11.7 Å². The molecular formula is C15H29N3O. The van der Waals surface area contributed by atoms with Crippen LogP contribution in [0.25, 0.3) is 0 Å². The molecule has 4 nitrogen and oxygen atoms in total. The number of nitrogens with two attached hydrogens (primary N) is 1. The Balaban J connectivity index is 1.82. The van der Waals surface area contributed by atoms with E-state index in [0.717, 1.165) is 58.3 Å². The molecule has 0 aromatic carbocycles. The Bertz CT molecular complexity index is 313. The molecule has 110 valence electrons. The first-order valence-corrected chi connectivity index (χ1v) is 7.82. The maximum Gasteiger partial charge on any atom is 0.242 e. The van der Waals surface area contributed by atoms with Crippen LogP contribution in [0, 0.1) is 5.92 Å². The highest BCUT2D eigenvalue weighted by atomic mass is 16.2. The summed E-state index contributed by atoms with van der Waals surface area (Å²) in [5, 5.41) is 0. The quantitative estimate of drug-likeness (QED) is 0.820. The van der Waals surface area contributed by atoms with Crippen molar-refractivity contribution in [1.82, 2.24) is 9.80 Å². The van der Waals surface area contributed by atoms with E-state index in [0.29, 0.717) is 5.92 Å². The summed E-state index contributed by atoms with van der Waals surface area (Å²) in [6, 6.07) is 0. The van der Waals surface area contributed by atoms with Crippen molar-refractivity contribution in [1.29, 1.82) is 0 Å². The molecule has 1 heterocycles. The van der Waals surface area contributed by atoms with Gasteiger partial charge in [-0.3, -0.25) is 4.79 Å². The summed E-state index contributed by atoms with van der Waals surface area (Å²) in [4.78, 5) is 16.9. The summed E-state index contributed by atoms with van der Waals surface area (Å²) in [7, 11) is 2.18. The minimum Gasteiger partial charge on any atom is -0.341 e. The van der Waals surface area contributed by atoms with Gasteiger partial charge in [0.05, 0.1) is 5.54 Å². The van der Waals surface area contributed by atoms with Crippen molar-refractivity contribution in [3.63, 3.8) is 0 Å². The number of carbonyl (C=O) groups is 1. The van der Waals surface area contributed by atoms with Gasteiger partial charge in [0.15, 0.2) is 0 Å². The summed E-state index contributed by atoms with van der Waals surface area (Å²) in [5.41, 5.74) is 5.74. The second kappa shape index (κ2) is 6.23. The Morgan fingerprint density at radius 2 is 2.11 bits per heavy atom. The first-order valence-electron chi connectivity index (χ1n) is 7.82. The molecule has 0 bridgehead atoms. The lowest BCUT2D eigenvalue weighted by atomic mass is 9.97. The van der Waals surface area contributed by atoms with Gasteiger partial charge in [-0.05, 0) is 45.2 Å². The Morgan fingerprint density at radius 3 is 2.74 bits per heavy atom. The molecule has 2 N–H and O–H groups in total. The lowest BCUT2D eigenvalue weighted by Crippen LogP contribution is -2.53. The average molecular weight is 267 g/mol. The molecule has 0 radical (unpaired) electrons. The van der Waals surface area contributed by atoms with Crippen molar-refractivity contribution in [3.05, 3.63) is 0 Å². The van der Waals surface area contributed by atoms with E-state index in [1.807, 2.05) is 4.90 Å². The van der Waals surface area contributed by atoms with Gasteiger partial charge in [0.1, 0.15) is 0 Å². The van der Waals surface area contributed by atoms with Gasteiger partial charge in [0, 0.05) is 19.6 Å². The van der Waals surface area contributed by atoms with Gasteiger partial charge in [-0.25, -0.2) is 0 Å². The molecule has 1 aliphatic heterocycles. The lowest BCUT2D eigenvalue weighted by molar-refractivity contribution is -0.135. The zero-order chi connectivity index (χ0) is 13.9. The molecule has 19 heavy (non-hydrogen) atoms. The summed E-state index contributed by atoms with van der Waals surface area (Å²) in [6.07, 6.45) is 6.30. The fourth-order valence-corrected chi connectivity index (χ4v) is 3.61. The third-order valence-corrected chi connectivity index (χ3v) is 4.67. The average Bonchev–Trinajstić information content (AvgIpc) is 2.99. The zero-order valence-corrected chi connectivity index (χ0v) is 12.5. The topological polar surface area (TPSA) is 49.6 Å². The number of hydrogen-bond acceptors (Lipinski definition) is 3. The number of rotatable bonds is 5. The SMILES string of the molecule is CCCN(C)CC1CCN(C(=O)C2(N)CCCC2)C1. The van der Waals surface area contributed by atoms with E-state index in [-0.39, 0.29) is 5.91 Å². The Morgan fingerprint density at radius 1 is 1.42 bits per heavy atom. The number of nitrogens with zero attached hydrogens (tertiary/aromatic N) is 2. The van der Waals surface area contributed by atoms with Crippen molar-refractivity contribution in [3.8, 4) is 0 Å². The second-order valence-corrected chi connectivity index (χ2v) is 6.53. The molecule has 0 spiro atoms. The number of hydrogen-bond donors (Lipinski definition) is 1. The number of carbonyl (C=O) groups excluding carboxylic acids is 1. The predicted octanol–water partition coefficient (Wildman–Crippen LogP) is 1.45. The summed E-state index contributed by atoms with van der Waals surface area (Å²) < 4.78 is 0. The maximum absolute atomic E-state index is 12.5. The molecule has 1 saturated carbocycles. The van der Waals surface area contributed by atoms with Crippen LogP contribution in [0.2, 0.25) is 0 Å². The number of amides is 1. The standard InChI is InChI=1S/C15H29N3O/c1-3-9-17(2)11-13-6-10-18(12-13)14(19)15(16)7-4-5-8-15/h13H,3-12,16H2,1-2H3. The molecule has 0 aromatic heterocycles. The van der Waals surface area contributed by atoms with E-state index >= 15 is 0 Å². The highest BCUT2D eigenvalue weighted by Crippen LogP contribution is 2.31. The van der Waals surface area contributed by atoms with Gasteiger partial charge in [0.25, 0.3) is 0 Å². The van der Waals surface area contributed by atoms with E-state index in [9.17, 15) is 4.79 Å². The molecule has 2 rings (SSSR count). The second-order valence-electron chi connectivity index (χ2n) is 6.53. The Hall–Kier alpha value is -0.610. The Kier molecular flexibility index (Phi) is 4.85. The van der Waals surface area contributed by atoms with Gasteiger partial charge in [0.2, 0.25) is 5.91 Å². The van der Waals surface area contributed by atoms with Gasteiger partial charge in [-0.1, -0.05) is 19.8 Å². The number of likely N-dealkylation sites (tertiary alicyclic amines) is 1. The molecule has 1 unspecified atom stereocenters. The van der Waals surface area contributed by atoms with Gasteiger partial charge >= 0.3 is 0 Å². The van der Waals surface area contributed by atoms with E-state index in [1.165, 1.54) is 6.42 Å². The van der Waals surface area contributed by atoms with E-state index in [4.69, 9.17) is 5.73 Å². The van der Waals surface area contributed by atoms with Gasteiger partial charge in [-0.2, -0.15) is 0 Å². The van der Waals surface area contributed by atoms with Crippen LogP contribution in [0.1, 0.15) is 45.4 Å². The highest BCUT2D eigenvalue weighted by molar-refractivity contribution is 5.86. The molecule has 1 aliphatic carbocycles. The van der Waals surface area contributed by atoms with Crippen LogP contribution in [0.15, 0.2) is 0 Å². The van der Waals surface area contributed by atoms with E-state index < -0.39 is 5.54 Å². The van der Waals surface area contributed by atoms with Crippen LogP contribution < -0.4 is 5.73 Å². The minimum absolute atomic E-state index is 0.214. The van der Waals surface area contributed by atoms with Crippen LogP contribution in [0.5, 0.6) is 0 Å². The van der Waals surface area contributed by atoms with Crippen LogP contribution in [-0.2, 0) is 4.79 Å². The molecule has 1 saturated heterocycles. The first-order chi connectivity index (χ1) is 9.05.